The van der Waals surface area contributed by atoms with Gasteiger partial charge >= 0.3 is 0 Å². The summed E-state index contributed by atoms with van der Waals surface area (Å²) in [7, 11) is 1.68. The lowest BCUT2D eigenvalue weighted by Gasteiger charge is -2.11. The summed E-state index contributed by atoms with van der Waals surface area (Å²) in [5.74, 6) is -0.417. The third-order valence-corrected chi connectivity index (χ3v) is 3.70. The van der Waals surface area contributed by atoms with Gasteiger partial charge in [0.05, 0.1) is 0 Å². The van der Waals surface area contributed by atoms with Crippen LogP contribution in [0.25, 0.3) is 0 Å². The van der Waals surface area contributed by atoms with Crippen molar-refractivity contribution in [2.75, 3.05) is 13.6 Å². The van der Waals surface area contributed by atoms with Crippen molar-refractivity contribution >= 4 is 41.3 Å². The molecule has 0 unspecified atom stereocenters. The fourth-order valence-electron chi connectivity index (χ4n) is 1.84. The van der Waals surface area contributed by atoms with Gasteiger partial charge in [-0.25, -0.2) is 8.78 Å². The third kappa shape index (κ3) is 5.88. The molecule has 2 N–H and O–H groups in total. The molecule has 0 atom stereocenters. The molecule has 0 radical (unpaired) electrons. The van der Waals surface area contributed by atoms with Gasteiger partial charge in [0, 0.05) is 26.2 Å². The minimum Gasteiger partial charge on any atom is -0.356 e. The predicted molar refractivity (Wildman–Crippen MR) is 98.0 cm³/mol. The molecule has 1 aromatic heterocycles. The smallest absolute Gasteiger partial charge is 0.191 e. The molecular weight excluding hydrogens is 419 g/mol. The Hall–Kier alpha value is -1.22. The maximum Gasteiger partial charge on any atom is 0.191 e. The fraction of sp³-hybridized carbons (Fsp3) is 0.267. The molecule has 0 saturated carbocycles. The zero-order chi connectivity index (χ0) is 15.1. The standard InChI is InChI=1S/C15H17F2N3S.HI/c1-18-15(20-9-11-5-7-21-10-11)19-6-4-12-2-3-13(16)8-14(12)17;/h2-3,5,7-8,10H,4,6,9H2,1H3,(H2,18,19,20);1H. The quantitative estimate of drug-likeness (QED) is 0.427. The zero-order valence-electron chi connectivity index (χ0n) is 12.1. The van der Waals surface area contributed by atoms with Crippen LogP contribution in [-0.4, -0.2) is 19.6 Å². The number of rotatable bonds is 5. The molecule has 2 rings (SSSR count). The van der Waals surface area contributed by atoms with E-state index in [2.05, 4.69) is 21.0 Å². The van der Waals surface area contributed by atoms with E-state index in [9.17, 15) is 8.78 Å². The number of benzene rings is 1. The van der Waals surface area contributed by atoms with E-state index in [4.69, 9.17) is 0 Å². The largest absolute Gasteiger partial charge is 0.356 e. The van der Waals surface area contributed by atoms with Crippen LogP contribution in [-0.2, 0) is 13.0 Å². The van der Waals surface area contributed by atoms with Crippen LogP contribution >= 0.6 is 35.3 Å². The average Bonchev–Trinajstić information content (AvgIpc) is 2.98. The van der Waals surface area contributed by atoms with E-state index in [1.54, 1.807) is 18.4 Å². The highest BCUT2D eigenvalue weighted by Gasteiger charge is 2.04. The molecule has 0 amide bonds. The van der Waals surface area contributed by atoms with Crippen molar-refractivity contribution in [2.24, 2.45) is 4.99 Å². The monoisotopic (exact) mass is 437 g/mol. The molecule has 22 heavy (non-hydrogen) atoms. The summed E-state index contributed by atoms with van der Waals surface area (Å²) in [5.41, 5.74) is 1.67. The molecule has 0 bridgehead atoms. The van der Waals surface area contributed by atoms with Crippen molar-refractivity contribution in [2.45, 2.75) is 13.0 Å². The number of hydrogen-bond acceptors (Lipinski definition) is 2. The Morgan fingerprint density at radius 2 is 2.05 bits per heavy atom. The van der Waals surface area contributed by atoms with Crippen molar-refractivity contribution in [3.05, 3.63) is 57.8 Å². The number of aliphatic imine (C=N–C) groups is 1. The Morgan fingerprint density at radius 3 is 2.68 bits per heavy atom. The average molecular weight is 437 g/mol. The van der Waals surface area contributed by atoms with Crippen molar-refractivity contribution in [3.8, 4) is 0 Å². The number of thiophene rings is 1. The maximum atomic E-state index is 13.5. The highest BCUT2D eigenvalue weighted by atomic mass is 127. The minimum atomic E-state index is -0.558. The molecule has 1 heterocycles. The number of hydrogen-bond donors (Lipinski definition) is 2. The summed E-state index contributed by atoms with van der Waals surface area (Å²) in [5, 5.41) is 10.4. The van der Waals surface area contributed by atoms with Crippen LogP contribution in [0.3, 0.4) is 0 Å². The van der Waals surface area contributed by atoms with Crippen molar-refractivity contribution in [1.29, 1.82) is 0 Å². The Kier molecular flexibility index (Phi) is 8.32. The Labute approximate surface area is 149 Å². The maximum absolute atomic E-state index is 13.5. The van der Waals surface area contributed by atoms with E-state index < -0.39 is 11.6 Å². The Bertz CT molecular complexity index is 603. The molecule has 0 aliphatic rings. The molecule has 2 aromatic rings. The molecule has 0 fully saturated rings. The van der Waals surface area contributed by atoms with Gasteiger partial charge in [-0.1, -0.05) is 6.07 Å². The van der Waals surface area contributed by atoms with Gasteiger partial charge in [0.25, 0.3) is 0 Å². The van der Waals surface area contributed by atoms with Crippen LogP contribution in [0.4, 0.5) is 8.78 Å². The van der Waals surface area contributed by atoms with Gasteiger partial charge in [0.1, 0.15) is 11.6 Å². The number of nitrogens with zero attached hydrogens (tertiary/aromatic N) is 1. The first-order valence-corrected chi connectivity index (χ1v) is 7.53. The first-order chi connectivity index (χ1) is 10.2. The van der Waals surface area contributed by atoms with Crippen LogP contribution in [0.5, 0.6) is 0 Å². The summed E-state index contributed by atoms with van der Waals surface area (Å²) in [6, 6.07) is 5.67. The normalized spacial score (nSPS) is 11.0. The van der Waals surface area contributed by atoms with Crippen LogP contribution < -0.4 is 10.6 Å². The van der Waals surface area contributed by atoms with Crippen molar-refractivity contribution in [1.82, 2.24) is 10.6 Å². The lowest BCUT2D eigenvalue weighted by molar-refractivity contribution is 0.570. The highest BCUT2D eigenvalue weighted by molar-refractivity contribution is 14.0. The first-order valence-electron chi connectivity index (χ1n) is 6.58. The van der Waals surface area contributed by atoms with Crippen molar-refractivity contribution in [3.63, 3.8) is 0 Å². The molecular formula is C15H18F2IN3S. The van der Waals surface area contributed by atoms with Gasteiger partial charge < -0.3 is 10.6 Å². The van der Waals surface area contributed by atoms with Gasteiger partial charge in [-0.15, -0.1) is 24.0 Å². The molecule has 0 aliphatic heterocycles. The lowest BCUT2D eigenvalue weighted by Crippen LogP contribution is -2.37. The van der Waals surface area contributed by atoms with Crippen LogP contribution in [0.2, 0.25) is 0 Å². The van der Waals surface area contributed by atoms with E-state index in [0.29, 0.717) is 31.0 Å². The Balaban J connectivity index is 0.00000242. The zero-order valence-corrected chi connectivity index (χ0v) is 15.3. The van der Waals surface area contributed by atoms with Gasteiger partial charge in [0.2, 0.25) is 0 Å². The second kappa shape index (κ2) is 9.73. The van der Waals surface area contributed by atoms with E-state index in [1.165, 1.54) is 17.7 Å². The Morgan fingerprint density at radius 1 is 1.23 bits per heavy atom. The van der Waals surface area contributed by atoms with Gasteiger partial charge in [-0.3, -0.25) is 4.99 Å². The predicted octanol–water partition coefficient (Wildman–Crippen LogP) is 3.55. The van der Waals surface area contributed by atoms with Gasteiger partial charge in [0.15, 0.2) is 5.96 Å². The summed E-state index contributed by atoms with van der Waals surface area (Å²) in [4.78, 5) is 4.10. The van der Waals surface area contributed by atoms with Crippen LogP contribution in [0, 0.1) is 11.6 Å². The molecule has 3 nitrogen and oxygen atoms in total. The molecule has 120 valence electrons. The van der Waals surface area contributed by atoms with E-state index in [-0.39, 0.29) is 24.0 Å². The SMILES string of the molecule is CN=C(NCCc1ccc(F)cc1F)NCc1ccsc1.I. The third-order valence-electron chi connectivity index (χ3n) is 2.97. The van der Waals surface area contributed by atoms with E-state index in [1.807, 2.05) is 11.4 Å². The van der Waals surface area contributed by atoms with E-state index >= 15 is 0 Å². The van der Waals surface area contributed by atoms with E-state index in [0.717, 1.165) is 6.07 Å². The molecule has 0 saturated heterocycles. The number of halogens is 3. The number of nitrogens with one attached hydrogen (secondary N) is 2. The first kappa shape index (κ1) is 18.8. The lowest BCUT2D eigenvalue weighted by atomic mass is 10.1. The molecule has 1 aromatic carbocycles. The topological polar surface area (TPSA) is 36.4 Å². The van der Waals surface area contributed by atoms with Gasteiger partial charge in [-0.05, 0) is 40.4 Å². The molecule has 0 spiro atoms. The summed E-state index contributed by atoms with van der Waals surface area (Å²) in [6.45, 7) is 1.21. The summed E-state index contributed by atoms with van der Waals surface area (Å²) in [6.07, 6.45) is 0.464. The van der Waals surface area contributed by atoms with Crippen LogP contribution in [0.15, 0.2) is 40.0 Å². The molecule has 0 aliphatic carbocycles. The van der Waals surface area contributed by atoms with Crippen LogP contribution in [0.1, 0.15) is 11.1 Å². The summed E-state index contributed by atoms with van der Waals surface area (Å²) < 4.78 is 26.3. The molecule has 7 heteroatoms. The van der Waals surface area contributed by atoms with Crippen molar-refractivity contribution < 1.29 is 8.78 Å². The van der Waals surface area contributed by atoms with Gasteiger partial charge in [-0.2, -0.15) is 11.3 Å². The second-order valence-corrected chi connectivity index (χ2v) is 5.25. The minimum absolute atomic E-state index is 0. The fourth-order valence-corrected chi connectivity index (χ4v) is 2.51. The second-order valence-electron chi connectivity index (χ2n) is 4.47. The highest BCUT2D eigenvalue weighted by Crippen LogP contribution is 2.09. The number of guanidine groups is 1. The summed E-state index contributed by atoms with van der Waals surface area (Å²) >= 11 is 1.64.